The van der Waals surface area contributed by atoms with Crippen LogP contribution in [0.5, 0.6) is 0 Å². The molecule has 21 heavy (non-hydrogen) atoms. The Kier molecular flexibility index (Phi) is 4.37. The van der Waals surface area contributed by atoms with Gasteiger partial charge in [-0.1, -0.05) is 44.2 Å². The van der Waals surface area contributed by atoms with E-state index in [1.54, 1.807) is 10.9 Å². The molecule has 0 spiro atoms. The van der Waals surface area contributed by atoms with E-state index >= 15 is 0 Å². The van der Waals surface area contributed by atoms with Gasteiger partial charge in [0.2, 0.25) is 0 Å². The van der Waals surface area contributed by atoms with Crippen molar-refractivity contribution in [1.29, 1.82) is 0 Å². The van der Waals surface area contributed by atoms with Gasteiger partial charge in [0.05, 0.1) is 12.7 Å². The van der Waals surface area contributed by atoms with Gasteiger partial charge in [-0.2, -0.15) is 0 Å². The SMILES string of the molecule is CC(C)(C)c1ccccc1NC(=O)c1cn(CCN)nn1. The first kappa shape index (κ1) is 15.2. The van der Waals surface area contributed by atoms with Gasteiger partial charge in [0.1, 0.15) is 0 Å². The van der Waals surface area contributed by atoms with Gasteiger partial charge in [0.15, 0.2) is 5.69 Å². The first-order valence-electron chi connectivity index (χ1n) is 6.93. The standard InChI is InChI=1S/C15H21N5O/c1-15(2,3)11-6-4-5-7-12(11)17-14(21)13-10-20(9-8-16)19-18-13/h4-7,10H,8-9,16H2,1-3H3,(H,17,21). The molecule has 0 saturated heterocycles. The maximum Gasteiger partial charge on any atom is 0.277 e. The molecule has 0 aliphatic heterocycles. The summed E-state index contributed by atoms with van der Waals surface area (Å²) in [4.78, 5) is 12.3. The number of para-hydroxylation sites is 1. The van der Waals surface area contributed by atoms with E-state index in [0.29, 0.717) is 13.1 Å². The number of hydrogen-bond acceptors (Lipinski definition) is 4. The highest BCUT2D eigenvalue weighted by atomic mass is 16.2. The van der Waals surface area contributed by atoms with Gasteiger partial charge >= 0.3 is 0 Å². The van der Waals surface area contributed by atoms with Crippen LogP contribution in [0.4, 0.5) is 5.69 Å². The van der Waals surface area contributed by atoms with Crippen LogP contribution < -0.4 is 11.1 Å². The Labute approximate surface area is 124 Å². The number of benzene rings is 1. The number of nitrogens with one attached hydrogen (secondary N) is 1. The third kappa shape index (κ3) is 3.66. The second-order valence-electron chi connectivity index (χ2n) is 5.91. The predicted molar refractivity (Wildman–Crippen MR) is 82.2 cm³/mol. The van der Waals surface area contributed by atoms with E-state index in [1.165, 1.54) is 0 Å². The van der Waals surface area contributed by atoms with E-state index in [2.05, 4.69) is 36.4 Å². The summed E-state index contributed by atoms with van der Waals surface area (Å²) in [6.45, 7) is 7.32. The van der Waals surface area contributed by atoms with Crippen molar-refractivity contribution >= 4 is 11.6 Å². The highest BCUT2D eigenvalue weighted by Crippen LogP contribution is 2.29. The lowest BCUT2D eigenvalue weighted by molar-refractivity contribution is 0.102. The Hall–Kier alpha value is -2.21. The molecule has 1 aromatic carbocycles. The van der Waals surface area contributed by atoms with Crippen LogP contribution in [0.2, 0.25) is 0 Å². The third-order valence-corrected chi connectivity index (χ3v) is 3.11. The number of carbonyl (C=O) groups is 1. The molecule has 3 N–H and O–H groups in total. The minimum absolute atomic E-state index is 0.0545. The first-order chi connectivity index (χ1) is 9.91. The molecule has 0 bridgehead atoms. The van der Waals surface area contributed by atoms with Crippen molar-refractivity contribution in [2.45, 2.75) is 32.7 Å². The fraction of sp³-hybridized carbons (Fsp3) is 0.400. The van der Waals surface area contributed by atoms with Gasteiger partial charge in [0.25, 0.3) is 5.91 Å². The number of amides is 1. The first-order valence-corrected chi connectivity index (χ1v) is 6.93. The van der Waals surface area contributed by atoms with Crippen molar-refractivity contribution in [2.75, 3.05) is 11.9 Å². The Morgan fingerprint density at radius 2 is 2.05 bits per heavy atom. The average molecular weight is 287 g/mol. The zero-order valence-electron chi connectivity index (χ0n) is 12.6. The molecule has 1 amide bonds. The second-order valence-corrected chi connectivity index (χ2v) is 5.91. The molecule has 1 aromatic heterocycles. The van der Waals surface area contributed by atoms with Gasteiger partial charge in [-0.15, -0.1) is 5.10 Å². The van der Waals surface area contributed by atoms with Crippen LogP contribution in [0, 0.1) is 0 Å². The monoisotopic (exact) mass is 287 g/mol. The highest BCUT2D eigenvalue weighted by Gasteiger charge is 2.19. The van der Waals surface area contributed by atoms with Crippen molar-refractivity contribution < 1.29 is 4.79 Å². The Bertz CT molecular complexity index is 627. The van der Waals surface area contributed by atoms with E-state index in [0.717, 1.165) is 11.3 Å². The van der Waals surface area contributed by atoms with Crippen molar-refractivity contribution in [1.82, 2.24) is 15.0 Å². The molecule has 0 saturated carbocycles. The highest BCUT2D eigenvalue weighted by molar-refractivity contribution is 6.03. The molecule has 0 radical (unpaired) electrons. The summed E-state index contributed by atoms with van der Waals surface area (Å²) in [6, 6.07) is 7.77. The second kappa shape index (κ2) is 6.05. The number of nitrogens with zero attached hydrogens (tertiary/aromatic N) is 3. The average Bonchev–Trinajstić information content (AvgIpc) is 2.87. The van der Waals surface area contributed by atoms with Gasteiger partial charge in [-0.05, 0) is 17.0 Å². The molecular weight excluding hydrogens is 266 g/mol. The van der Waals surface area contributed by atoms with E-state index < -0.39 is 0 Å². The largest absolute Gasteiger partial charge is 0.329 e. The van der Waals surface area contributed by atoms with Gasteiger partial charge in [-0.3, -0.25) is 9.48 Å². The van der Waals surface area contributed by atoms with E-state index in [9.17, 15) is 4.79 Å². The summed E-state index contributed by atoms with van der Waals surface area (Å²) in [5.41, 5.74) is 7.55. The van der Waals surface area contributed by atoms with Crippen LogP contribution in [-0.2, 0) is 12.0 Å². The Morgan fingerprint density at radius 1 is 1.33 bits per heavy atom. The minimum Gasteiger partial charge on any atom is -0.329 e. The molecule has 6 heteroatoms. The van der Waals surface area contributed by atoms with Gasteiger partial charge in [0, 0.05) is 12.2 Å². The fourth-order valence-electron chi connectivity index (χ4n) is 2.08. The molecule has 0 unspecified atom stereocenters. The van der Waals surface area contributed by atoms with E-state index in [1.807, 2.05) is 24.3 Å². The number of carbonyl (C=O) groups excluding carboxylic acids is 1. The molecule has 0 aliphatic carbocycles. The fourth-order valence-corrected chi connectivity index (χ4v) is 2.08. The van der Waals surface area contributed by atoms with Crippen molar-refractivity contribution in [3.63, 3.8) is 0 Å². The third-order valence-electron chi connectivity index (χ3n) is 3.11. The maximum atomic E-state index is 12.3. The lowest BCUT2D eigenvalue weighted by atomic mass is 9.86. The predicted octanol–water partition coefficient (Wildman–Crippen LogP) is 1.79. The van der Waals surface area contributed by atoms with Crippen LogP contribution in [0.3, 0.4) is 0 Å². The van der Waals surface area contributed by atoms with E-state index in [4.69, 9.17) is 5.73 Å². The molecule has 0 aliphatic rings. The van der Waals surface area contributed by atoms with Crippen LogP contribution in [0.25, 0.3) is 0 Å². The molecule has 0 atom stereocenters. The van der Waals surface area contributed by atoms with Gasteiger partial charge in [-0.25, -0.2) is 0 Å². The zero-order chi connectivity index (χ0) is 15.5. The smallest absolute Gasteiger partial charge is 0.277 e. The molecule has 6 nitrogen and oxygen atoms in total. The minimum atomic E-state index is -0.269. The number of anilines is 1. The molecule has 2 aromatic rings. The normalized spacial score (nSPS) is 11.4. The summed E-state index contributed by atoms with van der Waals surface area (Å²) in [5, 5.41) is 10.6. The number of nitrogens with two attached hydrogens (primary N) is 1. The van der Waals surface area contributed by atoms with Crippen molar-refractivity contribution in [3.05, 3.63) is 41.7 Å². The lowest BCUT2D eigenvalue weighted by Crippen LogP contribution is -2.19. The summed E-state index contributed by atoms with van der Waals surface area (Å²) in [6.07, 6.45) is 1.60. The molecule has 2 rings (SSSR count). The molecular formula is C15H21N5O. The Balaban J connectivity index is 2.19. The number of hydrogen-bond donors (Lipinski definition) is 2. The van der Waals surface area contributed by atoms with E-state index in [-0.39, 0.29) is 17.0 Å². The summed E-state index contributed by atoms with van der Waals surface area (Å²) < 4.78 is 1.56. The zero-order valence-corrected chi connectivity index (χ0v) is 12.6. The van der Waals surface area contributed by atoms with Crippen LogP contribution in [-0.4, -0.2) is 27.4 Å². The Morgan fingerprint density at radius 3 is 2.71 bits per heavy atom. The quantitative estimate of drug-likeness (QED) is 0.897. The topological polar surface area (TPSA) is 85.8 Å². The van der Waals surface area contributed by atoms with Crippen LogP contribution in [0.1, 0.15) is 36.8 Å². The van der Waals surface area contributed by atoms with Crippen LogP contribution in [0.15, 0.2) is 30.5 Å². The number of rotatable bonds is 4. The lowest BCUT2D eigenvalue weighted by Gasteiger charge is -2.22. The van der Waals surface area contributed by atoms with Gasteiger partial charge < -0.3 is 11.1 Å². The van der Waals surface area contributed by atoms with Crippen LogP contribution >= 0.6 is 0 Å². The molecule has 0 fully saturated rings. The van der Waals surface area contributed by atoms with Crippen molar-refractivity contribution in [3.8, 4) is 0 Å². The maximum absolute atomic E-state index is 12.3. The summed E-state index contributed by atoms with van der Waals surface area (Å²) >= 11 is 0. The molecule has 1 heterocycles. The summed E-state index contributed by atoms with van der Waals surface area (Å²) in [5.74, 6) is -0.269. The summed E-state index contributed by atoms with van der Waals surface area (Å²) in [7, 11) is 0. The van der Waals surface area contributed by atoms with Crippen molar-refractivity contribution in [2.24, 2.45) is 5.73 Å². The number of aromatic nitrogens is 3. The molecule has 112 valence electrons.